The van der Waals surface area contributed by atoms with E-state index >= 15 is 0 Å². The first-order chi connectivity index (χ1) is 10.3. The molecule has 0 amide bonds. The molecule has 120 valence electrons. The average molecular weight is 311 g/mol. The molecule has 0 N–H and O–H groups in total. The van der Waals surface area contributed by atoms with Crippen LogP contribution in [0.2, 0.25) is 0 Å². The molecule has 0 aliphatic heterocycles. The molecule has 0 radical (unpaired) electrons. The van der Waals surface area contributed by atoms with Crippen LogP contribution in [0.5, 0.6) is 11.5 Å². The highest BCUT2D eigenvalue weighted by atomic mass is 16.6. The molecule has 0 saturated heterocycles. The number of methoxy groups -OCH3 is 1. The number of hydrogen-bond donors (Lipinski definition) is 0. The number of Topliss-reactive ketones (excluding diaryl/α,β-unsaturated/α-hetero) is 1. The number of carbonyl (C=O) groups excluding carboxylic acids is 2. The fourth-order valence-electron chi connectivity index (χ4n) is 1.60. The Bertz CT molecular complexity index is 597. The Balaban J connectivity index is 3.29. The molecule has 0 unspecified atom stereocenters. The zero-order valence-electron chi connectivity index (χ0n) is 12.7. The summed E-state index contributed by atoms with van der Waals surface area (Å²) in [6.07, 6.45) is -0.996. The zero-order valence-corrected chi connectivity index (χ0v) is 12.7. The van der Waals surface area contributed by atoms with Crippen LogP contribution in [0, 0.1) is 10.1 Å². The number of nitrogens with zero attached hydrogens (tertiary/aromatic N) is 1. The van der Waals surface area contributed by atoms with Gasteiger partial charge in [-0.05, 0) is 20.8 Å². The summed E-state index contributed by atoms with van der Waals surface area (Å²) in [4.78, 5) is 33.6. The van der Waals surface area contributed by atoms with E-state index in [1.807, 2.05) is 0 Å². The molecule has 8 nitrogen and oxygen atoms in total. The molecule has 0 heterocycles. The van der Waals surface area contributed by atoms with E-state index < -0.39 is 22.7 Å². The van der Waals surface area contributed by atoms with Crippen molar-refractivity contribution in [2.24, 2.45) is 0 Å². The van der Waals surface area contributed by atoms with Gasteiger partial charge in [-0.3, -0.25) is 14.9 Å². The van der Waals surface area contributed by atoms with Gasteiger partial charge in [-0.25, -0.2) is 4.79 Å². The maximum atomic E-state index is 12.0. The van der Waals surface area contributed by atoms with Crippen LogP contribution >= 0.6 is 0 Å². The number of rotatable bonds is 7. The highest BCUT2D eigenvalue weighted by Crippen LogP contribution is 2.35. The monoisotopic (exact) mass is 311 g/mol. The Morgan fingerprint density at radius 2 is 1.95 bits per heavy atom. The molecule has 0 aromatic heterocycles. The fraction of sp³-hybridized carbons (Fsp3) is 0.429. The van der Waals surface area contributed by atoms with Crippen LogP contribution in [-0.2, 0) is 9.53 Å². The number of nitro benzene ring substituents is 1. The summed E-state index contributed by atoms with van der Waals surface area (Å²) >= 11 is 0. The third-order valence-electron chi connectivity index (χ3n) is 2.85. The first-order valence-corrected chi connectivity index (χ1v) is 6.52. The van der Waals surface area contributed by atoms with Crippen molar-refractivity contribution in [2.45, 2.75) is 26.9 Å². The quantitative estimate of drug-likeness (QED) is 0.431. The summed E-state index contributed by atoms with van der Waals surface area (Å²) in [6, 6.07) is 2.26. The smallest absolute Gasteiger partial charge is 0.346 e. The zero-order chi connectivity index (χ0) is 16.9. The number of benzene rings is 1. The molecule has 8 heteroatoms. The minimum atomic E-state index is -0.996. The van der Waals surface area contributed by atoms with E-state index in [2.05, 4.69) is 0 Å². The van der Waals surface area contributed by atoms with Crippen molar-refractivity contribution in [3.8, 4) is 11.5 Å². The van der Waals surface area contributed by atoms with Gasteiger partial charge in [0.15, 0.2) is 23.4 Å². The van der Waals surface area contributed by atoms with Crippen molar-refractivity contribution in [3.05, 3.63) is 27.8 Å². The molecule has 22 heavy (non-hydrogen) atoms. The lowest BCUT2D eigenvalue weighted by molar-refractivity contribution is -0.385. The van der Waals surface area contributed by atoms with E-state index in [1.54, 1.807) is 6.92 Å². The Morgan fingerprint density at radius 3 is 2.41 bits per heavy atom. The Hall–Kier alpha value is -2.64. The number of ketones is 1. The first-order valence-electron chi connectivity index (χ1n) is 6.52. The predicted molar refractivity (Wildman–Crippen MR) is 76.4 cm³/mol. The van der Waals surface area contributed by atoms with Gasteiger partial charge in [0.05, 0.1) is 24.7 Å². The summed E-state index contributed by atoms with van der Waals surface area (Å²) in [5.41, 5.74) is -0.789. The lowest BCUT2D eigenvalue weighted by Crippen LogP contribution is -2.22. The van der Waals surface area contributed by atoms with E-state index in [1.165, 1.54) is 21.0 Å². The van der Waals surface area contributed by atoms with Gasteiger partial charge < -0.3 is 14.2 Å². The molecular formula is C14H17NO7. The van der Waals surface area contributed by atoms with Crippen molar-refractivity contribution < 1.29 is 28.7 Å². The van der Waals surface area contributed by atoms with Gasteiger partial charge in [-0.15, -0.1) is 0 Å². The molecular weight excluding hydrogens is 294 g/mol. The molecule has 1 aromatic carbocycles. The minimum Gasteiger partial charge on any atom is -0.493 e. The van der Waals surface area contributed by atoms with Crippen molar-refractivity contribution in [1.29, 1.82) is 0 Å². The van der Waals surface area contributed by atoms with Crippen LogP contribution in [-0.4, -0.2) is 36.5 Å². The van der Waals surface area contributed by atoms with E-state index in [4.69, 9.17) is 14.2 Å². The molecule has 0 fully saturated rings. The highest BCUT2D eigenvalue weighted by molar-refractivity contribution is 5.96. The molecule has 1 rings (SSSR count). The predicted octanol–water partition coefficient (Wildman–Crippen LogP) is 2.14. The lowest BCUT2D eigenvalue weighted by atomic mass is 10.1. The van der Waals surface area contributed by atoms with Crippen molar-refractivity contribution >= 4 is 17.4 Å². The maximum Gasteiger partial charge on any atom is 0.346 e. The van der Waals surface area contributed by atoms with Gasteiger partial charge in [0.2, 0.25) is 0 Å². The van der Waals surface area contributed by atoms with Crippen LogP contribution < -0.4 is 9.47 Å². The number of esters is 1. The van der Waals surface area contributed by atoms with Gasteiger partial charge in [-0.2, -0.15) is 0 Å². The molecule has 0 bridgehead atoms. The van der Waals surface area contributed by atoms with E-state index in [9.17, 15) is 19.7 Å². The number of nitro groups is 1. The number of ether oxygens (including phenoxy) is 3. The third-order valence-corrected chi connectivity index (χ3v) is 2.85. The normalized spacial score (nSPS) is 11.5. The van der Waals surface area contributed by atoms with Crippen LogP contribution in [0.25, 0.3) is 0 Å². The van der Waals surface area contributed by atoms with Gasteiger partial charge in [0, 0.05) is 6.07 Å². The van der Waals surface area contributed by atoms with Crippen molar-refractivity contribution in [3.63, 3.8) is 0 Å². The lowest BCUT2D eigenvalue weighted by Gasteiger charge is -2.13. The van der Waals surface area contributed by atoms with Gasteiger partial charge in [0.1, 0.15) is 5.56 Å². The Morgan fingerprint density at radius 1 is 1.32 bits per heavy atom. The standard InChI is InChI=1S/C14H17NO7/c1-5-21-13-7-11(15(18)19)10(6-12(13)20-4)14(17)22-9(3)8(2)16/h6-7,9H,5H2,1-4H3/t9-/m1/s1. The van der Waals surface area contributed by atoms with Crippen molar-refractivity contribution in [1.82, 2.24) is 0 Å². The van der Waals surface area contributed by atoms with Crippen LogP contribution in [0.4, 0.5) is 5.69 Å². The molecule has 1 aromatic rings. The molecule has 1 atom stereocenters. The van der Waals surface area contributed by atoms with Gasteiger partial charge in [0.25, 0.3) is 5.69 Å². The highest BCUT2D eigenvalue weighted by Gasteiger charge is 2.27. The summed E-state index contributed by atoms with van der Waals surface area (Å²) in [5.74, 6) is -1.03. The second-order valence-corrected chi connectivity index (χ2v) is 4.37. The molecule has 0 aliphatic carbocycles. The Kier molecular flexibility index (Phi) is 5.85. The molecule has 0 spiro atoms. The van der Waals surface area contributed by atoms with Gasteiger partial charge >= 0.3 is 5.97 Å². The van der Waals surface area contributed by atoms with E-state index in [0.717, 1.165) is 12.1 Å². The van der Waals surface area contributed by atoms with Gasteiger partial charge in [-0.1, -0.05) is 0 Å². The second kappa shape index (κ2) is 7.39. The summed E-state index contributed by atoms with van der Waals surface area (Å²) in [5, 5.41) is 11.1. The topological polar surface area (TPSA) is 105 Å². The molecule has 0 saturated carbocycles. The van der Waals surface area contributed by atoms with Crippen LogP contribution in [0.3, 0.4) is 0 Å². The largest absolute Gasteiger partial charge is 0.493 e. The SMILES string of the molecule is CCOc1cc([N+](=O)[O-])c(C(=O)O[C@H](C)C(C)=O)cc1OC. The summed E-state index contributed by atoms with van der Waals surface area (Å²) in [7, 11) is 1.34. The third kappa shape index (κ3) is 3.94. The summed E-state index contributed by atoms with van der Waals surface area (Å²) < 4.78 is 15.2. The number of carbonyl (C=O) groups is 2. The van der Waals surface area contributed by atoms with Crippen LogP contribution in [0.15, 0.2) is 12.1 Å². The summed E-state index contributed by atoms with van der Waals surface area (Å²) in [6.45, 7) is 4.63. The second-order valence-electron chi connectivity index (χ2n) is 4.37. The molecule has 0 aliphatic rings. The average Bonchev–Trinajstić information content (AvgIpc) is 2.46. The Labute approximate surface area is 127 Å². The minimum absolute atomic E-state index is 0.146. The fourth-order valence-corrected chi connectivity index (χ4v) is 1.60. The van der Waals surface area contributed by atoms with Crippen LogP contribution in [0.1, 0.15) is 31.1 Å². The van der Waals surface area contributed by atoms with Crippen molar-refractivity contribution in [2.75, 3.05) is 13.7 Å². The number of hydrogen-bond acceptors (Lipinski definition) is 7. The van der Waals surface area contributed by atoms with E-state index in [-0.39, 0.29) is 29.5 Å². The van der Waals surface area contributed by atoms with E-state index in [0.29, 0.717) is 0 Å². The maximum absolute atomic E-state index is 12.0. The first kappa shape index (κ1) is 17.4.